The molecule has 1 saturated heterocycles. The molecule has 158 valence electrons. The molecule has 1 fully saturated rings. The van der Waals surface area contributed by atoms with Crippen LogP contribution >= 0.6 is 0 Å². The SMILES string of the molecule is CN(C)S(=O)(=O)c1ccc(COC(=O)C2CCCN(C(=O)OC(C)(C)C)C2)o1. The lowest BCUT2D eigenvalue weighted by molar-refractivity contribution is -0.152. The van der Waals surface area contributed by atoms with Crippen molar-refractivity contribution in [2.24, 2.45) is 5.92 Å². The molecule has 0 N–H and O–H groups in total. The number of carbonyl (C=O) groups is 2. The average Bonchev–Trinajstić information content (AvgIpc) is 3.08. The highest BCUT2D eigenvalue weighted by atomic mass is 32.2. The number of hydrogen-bond acceptors (Lipinski definition) is 7. The first-order valence-electron chi connectivity index (χ1n) is 9.06. The van der Waals surface area contributed by atoms with Gasteiger partial charge in [0.15, 0.2) is 0 Å². The number of likely N-dealkylation sites (tertiary alicyclic amines) is 1. The monoisotopic (exact) mass is 416 g/mol. The summed E-state index contributed by atoms with van der Waals surface area (Å²) in [7, 11) is -0.879. The Labute approximate surface area is 165 Å². The molecule has 1 aliphatic rings. The summed E-state index contributed by atoms with van der Waals surface area (Å²) >= 11 is 0. The molecule has 0 radical (unpaired) electrons. The molecular formula is C18H28N2O7S. The van der Waals surface area contributed by atoms with Crippen molar-refractivity contribution in [3.8, 4) is 0 Å². The molecule has 1 aliphatic heterocycles. The van der Waals surface area contributed by atoms with E-state index in [9.17, 15) is 18.0 Å². The predicted molar refractivity (Wildman–Crippen MR) is 99.9 cm³/mol. The molecule has 1 unspecified atom stereocenters. The minimum atomic E-state index is -3.68. The quantitative estimate of drug-likeness (QED) is 0.678. The van der Waals surface area contributed by atoms with E-state index in [2.05, 4.69) is 0 Å². The van der Waals surface area contributed by atoms with Gasteiger partial charge in [0.25, 0.3) is 10.0 Å². The summed E-state index contributed by atoms with van der Waals surface area (Å²) in [4.78, 5) is 26.1. The average molecular weight is 416 g/mol. The van der Waals surface area contributed by atoms with E-state index in [0.29, 0.717) is 19.4 Å². The minimum absolute atomic E-state index is 0.176. The number of rotatable bonds is 5. The van der Waals surface area contributed by atoms with Crippen LogP contribution in [0.25, 0.3) is 0 Å². The van der Waals surface area contributed by atoms with E-state index in [1.165, 1.54) is 31.1 Å². The molecule has 0 saturated carbocycles. The normalized spacial score (nSPS) is 18.2. The third-order valence-electron chi connectivity index (χ3n) is 4.14. The molecule has 1 aromatic rings. The van der Waals surface area contributed by atoms with Crippen LogP contribution in [0.5, 0.6) is 0 Å². The van der Waals surface area contributed by atoms with Gasteiger partial charge in [0, 0.05) is 27.2 Å². The van der Waals surface area contributed by atoms with Crippen molar-refractivity contribution in [2.75, 3.05) is 27.2 Å². The fourth-order valence-corrected chi connectivity index (χ4v) is 3.49. The van der Waals surface area contributed by atoms with Crippen LogP contribution in [0.3, 0.4) is 0 Å². The molecule has 28 heavy (non-hydrogen) atoms. The summed E-state index contributed by atoms with van der Waals surface area (Å²) in [5.41, 5.74) is -0.603. The smallest absolute Gasteiger partial charge is 0.410 e. The van der Waals surface area contributed by atoms with Crippen LogP contribution < -0.4 is 0 Å². The van der Waals surface area contributed by atoms with Gasteiger partial charge in [-0.25, -0.2) is 17.5 Å². The van der Waals surface area contributed by atoms with Crippen molar-refractivity contribution in [3.63, 3.8) is 0 Å². The molecule has 0 aliphatic carbocycles. The van der Waals surface area contributed by atoms with E-state index in [-0.39, 0.29) is 24.0 Å². The van der Waals surface area contributed by atoms with Gasteiger partial charge in [-0.05, 0) is 45.7 Å². The molecule has 0 aromatic carbocycles. The molecule has 10 heteroatoms. The molecule has 2 rings (SSSR count). The Hall–Kier alpha value is -2.07. The van der Waals surface area contributed by atoms with Crippen LogP contribution in [0.1, 0.15) is 39.4 Å². The van der Waals surface area contributed by atoms with Crippen LogP contribution in [0.2, 0.25) is 0 Å². The van der Waals surface area contributed by atoms with Gasteiger partial charge in [-0.1, -0.05) is 0 Å². The lowest BCUT2D eigenvalue weighted by Crippen LogP contribution is -2.45. The van der Waals surface area contributed by atoms with Crippen molar-refractivity contribution in [1.29, 1.82) is 0 Å². The van der Waals surface area contributed by atoms with Gasteiger partial charge >= 0.3 is 12.1 Å². The molecule has 1 atom stereocenters. The Morgan fingerprint density at radius 1 is 1.29 bits per heavy atom. The highest BCUT2D eigenvalue weighted by Gasteiger charge is 2.32. The van der Waals surface area contributed by atoms with E-state index in [4.69, 9.17) is 13.9 Å². The third kappa shape index (κ3) is 5.71. The van der Waals surface area contributed by atoms with Crippen molar-refractivity contribution in [2.45, 2.75) is 50.9 Å². The summed E-state index contributed by atoms with van der Waals surface area (Å²) in [6.07, 6.45) is 0.830. The van der Waals surface area contributed by atoms with Gasteiger partial charge in [-0.15, -0.1) is 0 Å². The number of ether oxygens (including phenoxy) is 2. The highest BCUT2D eigenvalue weighted by Crippen LogP contribution is 2.22. The van der Waals surface area contributed by atoms with Crippen molar-refractivity contribution in [3.05, 3.63) is 17.9 Å². The van der Waals surface area contributed by atoms with Gasteiger partial charge in [0.1, 0.15) is 18.0 Å². The number of nitrogens with zero attached hydrogens (tertiary/aromatic N) is 2. The topological polar surface area (TPSA) is 106 Å². The largest absolute Gasteiger partial charge is 0.457 e. The molecule has 0 spiro atoms. The second-order valence-corrected chi connectivity index (χ2v) is 9.96. The number of piperidine rings is 1. The number of carbonyl (C=O) groups excluding carboxylic acids is 2. The van der Waals surface area contributed by atoms with Crippen molar-refractivity contribution < 1.29 is 31.9 Å². The number of esters is 1. The maximum Gasteiger partial charge on any atom is 0.410 e. The number of hydrogen-bond donors (Lipinski definition) is 0. The zero-order valence-electron chi connectivity index (χ0n) is 16.9. The molecule has 1 amide bonds. The van der Waals surface area contributed by atoms with E-state index in [0.717, 1.165) is 4.31 Å². The van der Waals surface area contributed by atoms with Crippen LogP contribution in [-0.4, -0.2) is 62.5 Å². The molecule has 2 heterocycles. The highest BCUT2D eigenvalue weighted by molar-refractivity contribution is 7.88. The summed E-state index contributed by atoms with van der Waals surface area (Å²) < 4.78 is 40.9. The number of furan rings is 1. The van der Waals surface area contributed by atoms with Gasteiger partial charge < -0.3 is 18.8 Å². The van der Waals surface area contributed by atoms with Crippen LogP contribution in [0.4, 0.5) is 4.79 Å². The van der Waals surface area contributed by atoms with Gasteiger partial charge in [-0.2, -0.15) is 0 Å². The molecule has 9 nitrogen and oxygen atoms in total. The first-order valence-corrected chi connectivity index (χ1v) is 10.5. The van der Waals surface area contributed by atoms with Gasteiger partial charge in [0.2, 0.25) is 5.09 Å². The van der Waals surface area contributed by atoms with Gasteiger partial charge in [0.05, 0.1) is 5.92 Å². The van der Waals surface area contributed by atoms with E-state index in [1.807, 2.05) is 0 Å². The Morgan fingerprint density at radius 2 is 1.96 bits per heavy atom. The summed E-state index contributed by atoms with van der Waals surface area (Å²) in [5.74, 6) is -0.684. The standard InChI is InChI=1S/C18H28N2O7S/c1-18(2,3)27-17(22)20-10-6-7-13(11-20)16(21)25-12-14-8-9-15(26-14)28(23,24)19(4)5/h8-9,13H,6-7,10-12H2,1-5H3. The summed E-state index contributed by atoms with van der Waals surface area (Å²) in [6, 6.07) is 2.78. The second kappa shape index (κ2) is 8.52. The molecule has 1 aromatic heterocycles. The lowest BCUT2D eigenvalue weighted by Gasteiger charge is -2.33. The van der Waals surface area contributed by atoms with Crippen molar-refractivity contribution in [1.82, 2.24) is 9.21 Å². The second-order valence-electron chi connectivity index (χ2n) is 7.88. The third-order valence-corrected chi connectivity index (χ3v) is 5.82. The zero-order chi connectivity index (χ0) is 21.1. The molecular weight excluding hydrogens is 388 g/mol. The van der Waals surface area contributed by atoms with Crippen LogP contribution in [-0.2, 0) is 30.9 Å². The predicted octanol–water partition coefficient (Wildman–Crippen LogP) is 2.22. The molecule has 0 bridgehead atoms. The van der Waals surface area contributed by atoms with Crippen molar-refractivity contribution >= 4 is 22.1 Å². The Bertz CT molecular complexity index is 808. The fourth-order valence-electron chi connectivity index (χ4n) is 2.68. The first kappa shape index (κ1) is 22.2. The summed E-state index contributed by atoms with van der Waals surface area (Å²) in [6.45, 7) is 5.94. The maximum absolute atomic E-state index is 12.4. The Morgan fingerprint density at radius 3 is 2.57 bits per heavy atom. The van der Waals surface area contributed by atoms with E-state index >= 15 is 0 Å². The maximum atomic E-state index is 12.4. The fraction of sp³-hybridized carbons (Fsp3) is 0.667. The van der Waals surface area contributed by atoms with Crippen LogP contribution in [0.15, 0.2) is 21.6 Å². The summed E-state index contributed by atoms with van der Waals surface area (Å²) in [5, 5.41) is -0.211. The lowest BCUT2D eigenvalue weighted by atomic mass is 9.98. The minimum Gasteiger partial charge on any atom is -0.457 e. The van der Waals surface area contributed by atoms with Gasteiger partial charge in [-0.3, -0.25) is 4.79 Å². The number of amides is 1. The Kier molecular flexibility index (Phi) is 6.76. The zero-order valence-corrected chi connectivity index (χ0v) is 17.7. The first-order chi connectivity index (χ1) is 12.9. The number of sulfonamides is 1. The van der Waals surface area contributed by atoms with E-state index in [1.54, 1.807) is 20.8 Å². The van der Waals surface area contributed by atoms with Crippen LogP contribution in [0, 0.1) is 5.92 Å². The Balaban J connectivity index is 1.91. The van der Waals surface area contributed by atoms with E-state index < -0.39 is 33.6 Å².